The summed E-state index contributed by atoms with van der Waals surface area (Å²) in [6.07, 6.45) is -2.15. The Balaban J connectivity index is 2.62. The Labute approximate surface area is 241 Å². The maximum atomic E-state index is 12.1. The number of aliphatic hydroxyl groups excluding tert-OH is 1. The first kappa shape index (κ1) is 34.7. The van der Waals surface area contributed by atoms with Crippen molar-refractivity contribution in [3.05, 3.63) is 0 Å². The van der Waals surface area contributed by atoms with Crippen molar-refractivity contribution < 1.29 is 33.0 Å². The molecule has 0 radical (unpaired) electrons. The van der Waals surface area contributed by atoms with E-state index >= 15 is 0 Å². The van der Waals surface area contributed by atoms with E-state index in [1.807, 2.05) is 0 Å². The number of carbonyl (C=O) groups is 1. The fraction of sp³-hybridized carbons (Fsp3) is 0.897. The molecule has 2 rings (SSSR count). The molecule has 0 aromatic heterocycles. The molecule has 0 unspecified atom stereocenters. The van der Waals surface area contributed by atoms with Crippen LogP contribution in [-0.2, 0) is 27.9 Å². The van der Waals surface area contributed by atoms with E-state index in [1.165, 1.54) is 7.11 Å². The molecule has 2 fully saturated rings. The molecule has 0 saturated carbocycles. The van der Waals surface area contributed by atoms with Crippen LogP contribution in [0.1, 0.15) is 60.8 Å². The van der Waals surface area contributed by atoms with Crippen molar-refractivity contribution in [2.75, 3.05) is 7.11 Å². The van der Waals surface area contributed by atoms with E-state index < -0.39 is 55.2 Å². The summed E-state index contributed by atoms with van der Waals surface area (Å²) in [5, 5.41) is 11.4. The number of aliphatic hydroxyl groups is 1. The minimum Gasteiger partial charge on any atom is -0.469 e. The van der Waals surface area contributed by atoms with Gasteiger partial charge in [0.25, 0.3) is 0 Å². The Morgan fingerprint density at radius 2 is 1.41 bits per heavy atom. The average molecular weight is 601 g/mol. The SMILES string of the molecule is COC(=O)C[C@H]1CC[C@@H]2O[C@@H]([C@@H](O)C#C[Si](C)(C)C)[C@@H](O[Si](C)(C)C(C)(C)C)[C@@H](O[Si](C)(C)C(C)(C)C)[C@H]2O1. The van der Waals surface area contributed by atoms with Gasteiger partial charge in [0, 0.05) is 0 Å². The summed E-state index contributed by atoms with van der Waals surface area (Å²) in [7, 11) is -4.97. The molecule has 0 aromatic carbocycles. The van der Waals surface area contributed by atoms with Crippen LogP contribution in [0.15, 0.2) is 0 Å². The second-order valence-electron chi connectivity index (χ2n) is 15.4. The van der Waals surface area contributed by atoms with E-state index in [0.717, 1.165) is 0 Å². The first-order chi connectivity index (χ1) is 17.5. The second kappa shape index (κ2) is 12.4. The molecule has 2 saturated heterocycles. The van der Waals surface area contributed by atoms with Crippen LogP contribution in [0.2, 0.25) is 55.9 Å². The predicted molar refractivity (Wildman–Crippen MR) is 164 cm³/mol. The minimum atomic E-state index is -2.33. The highest BCUT2D eigenvalue weighted by Gasteiger charge is 2.56. The Hall–Kier alpha value is -0.519. The lowest BCUT2D eigenvalue weighted by Gasteiger charge is -2.55. The lowest BCUT2D eigenvalue weighted by molar-refractivity contribution is -0.267. The molecule has 10 heteroatoms. The van der Waals surface area contributed by atoms with Gasteiger partial charge in [-0.1, -0.05) is 67.1 Å². The Morgan fingerprint density at radius 3 is 1.87 bits per heavy atom. The van der Waals surface area contributed by atoms with E-state index in [-0.39, 0.29) is 34.7 Å². The van der Waals surface area contributed by atoms with E-state index in [2.05, 4.69) is 98.8 Å². The van der Waals surface area contributed by atoms with Crippen molar-refractivity contribution in [3.8, 4) is 11.5 Å². The molecule has 0 bridgehead atoms. The summed E-state index contributed by atoms with van der Waals surface area (Å²) in [4.78, 5) is 12.1. The van der Waals surface area contributed by atoms with Crippen LogP contribution in [0.4, 0.5) is 0 Å². The van der Waals surface area contributed by atoms with Crippen molar-refractivity contribution in [1.82, 2.24) is 0 Å². The Morgan fingerprint density at radius 1 is 0.897 bits per heavy atom. The highest BCUT2D eigenvalue weighted by atomic mass is 28.4. The molecule has 2 aliphatic heterocycles. The first-order valence-corrected chi connectivity index (χ1v) is 23.7. The zero-order chi connectivity index (χ0) is 30.2. The van der Waals surface area contributed by atoms with Crippen LogP contribution in [0, 0.1) is 11.5 Å². The van der Waals surface area contributed by atoms with Gasteiger partial charge in [-0.3, -0.25) is 4.79 Å². The number of hydrogen-bond acceptors (Lipinski definition) is 7. The van der Waals surface area contributed by atoms with Crippen molar-refractivity contribution in [3.63, 3.8) is 0 Å². The number of esters is 1. The minimum absolute atomic E-state index is 0.0475. The summed E-state index contributed by atoms with van der Waals surface area (Å²) >= 11 is 0. The molecule has 0 aliphatic carbocycles. The van der Waals surface area contributed by atoms with Gasteiger partial charge >= 0.3 is 5.97 Å². The molecular formula is C29H56O7Si3. The number of carbonyl (C=O) groups excluding carboxylic acids is 1. The topological polar surface area (TPSA) is 83.5 Å². The van der Waals surface area contributed by atoms with E-state index in [1.54, 1.807) is 0 Å². The lowest BCUT2D eigenvalue weighted by Crippen LogP contribution is -2.68. The van der Waals surface area contributed by atoms with Crippen LogP contribution in [0.25, 0.3) is 0 Å². The van der Waals surface area contributed by atoms with Crippen LogP contribution in [-0.4, -0.2) is 85.6 Å². The van der Waals surface area contributed by atoms with Gasteiger partial charge in [-0.05, 0) is 49.1 Å². The van der Waals surface area contributed by atoms with E-state index in [9.17, 15) is 9.90 Å². The molecule has 226 valence electrons. The molecule has 0 spiro atoms. The smallest absolute Gasteiger partial charge is 0.308 e. The fourth-order valence-corrected chi connectivity index (χ4v) is 7.51. The molecule has 2 heterocycles. The van der Waals surface area contributed by atoms with Gasteiger partial charge in [-0.2, -0.15) is 0 Å². The normalized spacial score (nSPS) is 29.6. The van der Waals surface area contributed by atoms with Crippen molar-refractivity contribution in [1.29, 1.82) is 0 Å². The van der Waals surface area contributed by atoms with Crippen LogP contribution < -0.4 is 0 Å². The van der Waals surface area contributed by atoms with Crippen LogP contribution >= 0.6 is 0 Å². The third-order valence-corrected chi connectivity index (χ3v) is 18.6. The molecule has 7 nitrogen and oxygen atoms in total. The predicted octanol–water partition coefficient (Wildman–Crippen LogP) is 5.89. The van der Waals surface area contributed by atoms with Gasteiger partial charge in [0.2, 0.25) is 0 Å². The maximum Gasteiger partial charge on any atom is 0.308 e. The van der Waals surface area contributed by atoms with Crippen molar-refractivity contribution in [2.45, 2.75) is 159 Å². The molecule has 0 aromatic rings. The quantitative estimate of drug-likeness (QED) is 0.222. The summed E-state index contributed by atoms with van der Waals surface area (Å²) < 4.78 is 32.4. The summed E-state index contributed by atoms with van der Waals surface area (Å²) in [6.45, 7) is 28.6. The van der Waals surface area contributed by atoms with E-state index in [0.29, 0.717) is 12.8 Å². The largest absolute Gasteiger partial charge is 0.469 e. The third-order valence-electron chi connectivity index (χ3n) is 8.79. The van der Waals surface area contributed by atoms with Gasteiger partial charge in [-0.25, -0.2) is 0 Å². The third kappa shape index (κ3) is 8.98. The zero-order valence-electron chi connectivity index (χ0n) is 27.1. The highest BCUT2D eigenvalue weighted by Crippen LogP contribution is 2.45. The summed E-state index contributed by atoms with van der Waals surface area (Å²) in [5.41, 5.74) is 3.33. The van der Waals surface area contributed by atoms with Gasteiger partial charge in [0.1, 0.15) is 38.6 Å². The number of methoxy groups -OCH3 is 1. The standard InChI is InChI=1S/C29H56O7Si3/c1-28(2,3)38(11,12)35-26-24(21(30)17-18-37(8,9)10)34-22-16-15-20(19-23(31)32-7)33-25(22)27(26)36-39(13,14)29(4,5)6/h20-22,24-27,30H,15-16,19H2,1-14H3/t20-,21+,22+,24+,25+,26-,27+/m1/s1. The Bertz CT molecular complexity index is 905. The molecule has 0 amide bonds. The number of ether oxygens (including phenoxy) is 3. The first-order valence-electron chi connectivity index (χ1n) is 14.4. The maximum absolute atomic E-state index is 12.1. The zero-order valence-corrected chi connectivity index (χ0v) is 30.1. The van der Waals surface area contributed by atoms with Gasteiger partial charge in [-0.15, -0.1) is 5.54 Å². The molecule has 1 N–H and O–H groups in total. The Kier molecular flexibility index (Phi) is 11.0. The summed E-state index contributed by atoms with van der Waals surface area (Å²) in [5.74, 6) is 2.84. The number of fused-ring (bicyclic) bond motifs is 1. The highest BCUT2D eigenvalue weighted by molar-refractivity contribution is 6.83. The van der Waals surface area contributed by atoms with Crippen LogP contribution in [0.3, 0.4) is 0 Å². The number of rotatable bonds is 7. The summed E-state index contributed by atoms with van der Waals surface area (Å²) in [6, 6.07) is 0. The second-order valence-corrected chi connectivity index (χ2v) is 29.6. The molecular weight excluding hydrogens is 545 g/mol. The van der Waals surface area contributed by atoms with Crippen molar-refractivity contribution >= 4 is 30.7 Å². The molecule has 7 atom stereocenters. The fourth-order valence-electron chi connectivity index (χ4n) is 4.33. The average Bonchev–Trinajstić information content (AvgIpc) is 2.76. The van der Waals surface area contributed by atoms with Crippen molar-refractivity contribution in [2.24, 2.45) is 0 Å². The number of hydrogen-bond donors (Lipinski definition) is 1. The van der Waals surface area contributed by atoms with Gasteiger partial charge in [0.15, 0.2) is 16.6 Å². The van der Waals surface area contributed by atoms with Gasteiger partial charge in [0.05, 0.1) is 25.7 Å². The monoisotopic (exact) mass is 600 g/mol. The van der Waals surface area contributed by atoms with E-state index in [4.69, 9.17) is 23.1 Å². The van der Waals surface area contributed by atoms with Crippen LogP contribution in [0.5, 0.6) is 0 Å². The molecule has 39 heavy (non-hydrogen) atoms. The molecule has 2 aliphatic rings. The van der Waals surface area contributed by atoms with Gasteiger partial charge < -0.3 is 28.2 Å². The lowest BCUT2D eigenvalue weighted by atomic mass is 9.87.